The molecule has 0 aromatic heterocycles. The molecule has 110 valence electrons. The smallest absolute Gasteiger partial charge is 0.272 e. The molecule has 1 aromatic carbocycles. The third-order valence-corrected chi connectivity index (χ3v) is 5.11. The number of hydrogen-bond acceptors (Lipinski definition) is 4. The van der Waals surface area contributed by atoms with Gasteiger partial charge in [0.05, 0.1) is 10.6 Å². The Balaban J connectivity index is 1.81. The van der Waals surface area contributed by atoms with E-state index >= 15 is 0 Å². The topological polar surface area (TPSA) is 23.6 Å². The van der Waals surface area contributed by atoms with Crippen LogP contribution in [0.3, 0.4) is 0 Å². The van der Waals surface area contributed by atoms with Gasteiger partial charge >= 0.3 is 0 Å². The van der Waals surface area contributed by atoms with Crippen LogP contribution in [0.4, 0.5) is 5.69 Å². The van der Waals surface area contributed by atoms with Gasteiger partial charge in [-0.15, -0.1) is 0 Å². The van der Waals surface area contributed by atoms with Crippen molar-refractivity contribution >= 4 is 51.5 Å². The molecule has 0 atom stereocenters. The van der Waals surface area contributed by atoms with Gasteiger partial charge in [0.2, 0.25) is 0 Å². The first-order chi connectivity index (χ1) is 10.1. The van der Waals surface area contributed by atoms with E-state index < -0.39 is 0 Å². The molecule has 2 aliphatic rings. The standard InChI is InChI=1S/C15H15ClN2OS2/c16-11-4-6-12(7-5-11)18-14(19)13(21-15(18)20)10-17-8-2-1-3-9-17/h4-7,10H,1-3,8-9H2/b13-10-. The number of rotatable bonds is 2. The van der Waals surface area contributed by atoms with Crippen LogP contribution in [-0.4, -0.2) is 28.2 Å². The van der Waals surface area contributed by atoms with Crippen molar-refractivity contribution in [2.45, 2.75) is 19.3 Å². The third kappa shape index (κ3) is 3.25. The molecule has 0 bridgehead atoms. The molecule has 1 aromatic rings. The number of carbonyl (C=O) groups excluding carboxylic acids is 1. The minimum Gasteiger partial charge on any atom is -0.376 e. The van der Waals surface area contributed by atoms with Crippen molar-refractivity contribution in [2.75, 3.05) is 18.0 Å². The highest BCUT2D eigenvalue weighted by Crippen LogP contribution is 2.35. The number of carbonyl (C=O) groups is 1. The maximum absolute atomic E-state index is 12.6. The molecule has 0 N–H and O–H groups in total. The van der Waals surface area contributed by atoms with E-state index in [0.29, 0.717) is 14.2 Å². The van der Waals surface area contributed by atoms with E-state index in [9.17, 15) is 4.79 Å². The Labute approximate surface area is 138 Å². The fourth-order valence-corrected chi connectivity index (χ4v) is 3.92. The summed E-state index contributed by atoms with van der Waals surface area (Å²) in [7, 11) is 0. The molecule has 3 rings (SSSR count). The van der Waals surface area contributed by atoms with Gasteiger partial charge in [-0.3, -0.25) is 9.69 Å². The van der Waals surface area contributed by atoms with Crippen molar-refractivity contribution in [3.63, 3.8) is 0 Å². The minimum atomic E-state index is -0.0436. The lowest BCUT2D eigenvalue weighted by atomic mass is 10.1. The highest BCUT2D eigenvalue weighted by atomic mass is 35.5. The first-order valence-electron chi connectivity index (χ1n) is 6.93. The van der Waals surface area contributed by atoms with E-state index in [1.54, 1.807) is 17.0 Å². The molecule has 2 fully saturated rings. The van der Waals surface area contributed by atoms with Crippen LogP contribution in [0.2, 0.25) is 5.02 Å². The predicted octanol–water partition coefficient (Wildman–Crippen LogP) is 4.03. The van der Waals surface area contributed by atoms with Gasteiger partial charge in [0.1, 0.15) is 0 Å². The summed E-state index contributed by atoms with van der Waals surface area (Å²) in [6.07, 6.45) is 5.62. The van der Waals surface area contributed by atoms with Crippen molar-refractivity contribution in [1.82, 2.24) is 4.90 Å². The minimum absolute atomic E-state index is 0.0436. The number of thioether (sulfide) groups is 1. The summed E-state index contributed by atoms with van der Waals surface area (Å²) in [5.41, 5.74) is 0.768. The maximum atomic E-state index is 12.6. The van der Waals surface area contributed by atoms with Gasteiger partial charge in [-0.2, -0.15) is 0 Å². The number of thiocarbonyl (C=S) groups is 1. The van der Waals surface area contributed by atoms with Gasteiger partial charge in [0.15, 0.2) is 4.32 Å². The Morgan fingerprint density at radius 3 is 2.48 bits per heavy atom. The average molecular weight is 339 g/mol. The van der Waals surface area contributed by atoms with Gasteiger partial charge in [0.25, 0.3) is 5.91 Å². The van der Waals surface area contributed by atoms with E-state index in [0.717, 1.165) is 18.8 Å². The van der Waals surface area contributed by atoms with Crippen molar-refractivity contribution < 1.29 is 4.79 Å². The van der Waals surface area contributed by atoms with Crippen LogP contribution < -0.4 is 4.90 Å². The Kier molecular flexibility index (Phi) is 4.52. The van der Waals surface area contributed by atoms with Crippen molar-refractivity contribution in [3.05, 3.63) is 40.4 Å². The van der Waals surface area contributed by atoms with Crippen molar-refractivity contribution in [1.29, 1.82) is 0 Å². The Morgan fingerprint density at radius 2 is 1.81 bits per heavy atom. The van der Waals surface area contributed by atoms with E-state index in [1.807, 2.05) is 18.3 Å². The lowest BCUT2D eigenvalue weighted by Gasteiger charge is -2.25. The van der Waals surface area contributed by atoms with Crippen LogP contribution in [0, 0.1) is 0 Å². The maximum Gasteiger partial charge on any atom is 0.272 e. The summed E-state index contributed by atoms with van der Waals surface area (Å²) in [6, 6.07) is 7.17. The van der Waals surface area contributed by atoms with E-state index in [4.69, 9.17) is 23.8 Å². The fraction of sp³-hybridized carbons (Fsp3) is 0.333. The second-order valence-corrected chi connectivity index (χ2v) is 7.19. The molecule has 2 aliphatic heterocycles. The number of hydrogen-bond donors (Lipinski definition) is 0. The SMILES string of the molecule is O=C1/C(=C/N2CCCCC2)SC(=S)N1c1ccc(Cl)cc1. The van der Waals surface area contributed by atoms with Gasteiger partial charge in [0, 0.05) is 24.3 Å². The van der Waals surface area contributed by atoms with E-state index in [-0.39, 0.29) is 5.91 Å². The zero-order valence-corrected chi connectivity index (χ0v) is 13.8. The number of likely N-dealkylation sites (tertiary alicyclic amines) is 1. The lowest BCUT2D eigenvalue weighted by Crippen LogP contribution is -2.29. The van der Waals surface area contributed by atoms with Crippen LogP contribution in [0.25, 0.3) is 0 Å². The Bertz CT molecular complexity index is 594. The van der Waals surface area contributed by atoms with Crippen LogP contribution in [0.15, 0.2) is 35.4 Å². The van der Waals surface area contributed by atoms with E-state index in [2.05, 4.69) is 4.90 Å². The molecule has 0 unspecified atom stereocenters. The Morgan fingerprint density at radius 1 is 1.14 bits per heavy atom. The zero-order valence-electron chi connectivity index (χ0n) is 11.4. The number of amides is 1. The molecule has 1 amide bonds. The molecule has 21 heavy (non-hydrogen) atoms. The van der Waals surface area contributed by atoms with Crippen LogP contribution >= 0.6 is 35.6 Å². The summed E-state index contributed by atoms with van der Waals surface area (Å²) in [4.78, 5) is 17.1. The van der Waals surface area contributed by atoms with Gasteiger partial charge in [-0.25, -0.2) is 0 Å². The van der Waals surface area contributed by atoms with Gasteiger partial charge in [-0.05, 0) is 43.5 Å². The number of piperidine rings is 1. The molecular formula is C15H15ClN2OS2. The number of benzene rings is 1. The number of halogens is 1. The lowest BCUT2D eigenvalue weighted by molar-refractivity contribution is -0.113. The molecule has 3 nitrogen and oxygen atoms in total. The fourth-order valence-electron chi connectivity index (χ4n) is 2.48. The second kappa shape index (κ2) is 6.38. The van der Waals surface area contributed by atoms with Crippen LogP contribution in [0.1, 0.15) is 19.3 Å². The monoisotopic (exact) mass is 338 g/mol. The average Bonchev–Trinajstić information content (AvgIpc) is 2.76. The first-order valence-corrected chi connectivity index (χ1v) is 8.53. The number of nitrogens with zero attached hydrogens (tertiary/aromatic N) is 2. The molecule has 0 radical (unpaired) electrons. The van der Waals surface area contributed by atoms with Crippen molar-refractivity contribution in [2.24, 2.45) is 0 Å². The molecule has 0 spiro atoms. The van der Waals surface area contributed by atoms with Gasteiger partial charge in [-0.1, -0.05) is 35.6 Å². The van der Waals surface area contributed by atoms with Crippen LogP contribution in [0.5, 0.6) is 0 Å². The molecule has 2 heterocycles. The molecule has 6 heteroatoms. The zero-order chi connectivity index (χ0) is 14.8. The Hall–Kier alpha value is -1.04. The summed E-state index contributed by atoms with van der Waals surface area (Å²) >= 11 is 12.6. The largest absolute Gasteiger partial charge is 0.376 e. The highest BCUT2D eigenvalue weighted by Gasteiger charge is 2.33. The van der Waals surface area contributed by atoms with Crippen LogP contribution in [-0.2, 0) is 4.79 Å². The highest BCUT2D eigenvalue weighted by molar-refractivity contribution is 8.27. The molecule has 0 aliphatic carbocycles. The predicted molar refractivity (Wildman–Crippen MR) is 92.6 cm³/mol. The van der Waals surface area contributed by atoms with Crippen molar-refractivity contribution in [3.8, 4) is 0 Å². The summed E-state index contributed by atoms with van der Waals surface area (Å²) < 4.78 is 0.575. The molecular weight excluding hydrogens is 324 g/mol. The normalized spacial score (nSPS) is 21.5. The summed E-state index contributed by atoms with van der Waals surface area (Å²) in [5.74, 6) is -0.0436. The quantitative estimate of drug-likeness (QED) is 0.600. The second-order valence-electron chi connectivity index (χ2n) is 5.07. The molecule has 2 saturated heterocycles. The summed E-state index contributed by atoms with van der Waals surface area (Å²) in [6.45, 7) is 2.04. The number of anilines is 1. The van der Waals surface area contributed by atoms with Gasteiger partial charge < -0.3 is 4.90 Å². The molecule has 0 saturated carbocycles. The van der Waals surface area contributed by atoms with E-state index in [1.165, 1.54) is 31.0 Å². The first kappa shape index (κ1) is 14.9. The summed E-state index contributed by atoms with van der Waals surface area (Å²) in [5, 5.41) is 0.646. The third-order valence-electron chi connectivity index (χ3n) is 3.57.